The molecule has 1 aliphatic rings. The number of rotatable bonds is 4. The zero-order chi connectivity index (χ0) is 13.0. The van der Waals surface area contributed by atoms with Gasteiger partial charge in [-0.05, 0) is 36.4 Å². The normalized spacial score (nSPS) is 22.9. The van der Waals surface area contributed by atoms with Crippen LogP contribution in [0, 0.1) is 0 Å². The van der Waals surface area contributed by atoms with Crippen molar-refractivity contribution in [1.82, 2.24) is 0 Å². The van der Waals surface area contributed by atoms with E-state index >= 15 is 0 Å². The Bertz CT molecular complexity index is 437. The van der Waals surface area contributed by atoms with Crippen LogP contribution >= 0.6 is 0 Å². The number of ketones is 1. The summed E-state index contributed by atoms with van der Waals surface area (Å²) < 4.78 is 15.8. The fourth-order valence-electron chi connectivity index (χ4n) is 1.54. The lowest BCUT2D eigenvalue weighted by atomic mass is 10.2. The first-order valence-corrected chi connectivity index (χ1v) is 5.52. The van der Waals surface area contributed by atoms with Crippen molar-refractivity contribution in [2.24, 2.45) is 0 Å². The van der Waals surface area contributed by atoms with Gasteiger partial charge in [0.15, 0.2) is 5.78 Å². The molecule has 5 heteroatoms. The van der Waals surface area contributed by atoms with Gasteiger partial charge in [-0.15, -0.1) is 0 Å². The van der Waals surface area contributed by atoms with E-state index in [2.05, 4.69) is 0 Å². The number of methoxy groups -OCH3 is 1. The second kappa shape index (κ2) is 5.66. The van der Waals surface area contributed by atoms with Crippen molar-refractivity contribution >= 4 is 5.78 Å². The summed E-state index contributed by atoms with van der Waals surface area (Å²) in [6.07, 6.45) is 1.35. The van der Waals surface area contributed by atoms with Crippen molar-refractivity contribution in [2.75, 3.05) is 13.7 Å². The first-order chi connectivity index (χ1) is 8.72. The van der Waals surface area contributed by atoms with Crippen LogP contribution < -0.4 is 9.47 Å². The maximum absolute atomic E-state index is 11.3. The van der Waals surface area contributed by atoms with E-state index in [0.29, 0.717) is 5.75 Å². The van der Waals surface area contributed by atoms with Crippen LogP contribution in [-0.4, -0.2) is 37.0 Å². The van der Waals surface area contributed by atoms with Crippen molar-refractivity contribution < 1.29 is 24.1 Å². The van der Waals surface area contributed by atoms with Gasteiger partial charge in [0.1, 0.15) is 17.6 Å². The monoisotopic (exact) mass is 250 g/mol. The molecule has 2 rings (SSSR count). The standard InChI is InChI=1S/C13H14O5/c1-16-9-2-4-10(5-3-9)17-13-7-6-11(15)12(8-14)18-13/h2-7,12-14H,8H2,1H3/t12-,13+/m1/s1. The molecule has 0 saturated carbocycles. The number of hydrogen-bond acceptors (Lipinski definition) is 5. The van der Waals surface area contributed by atoms with E-state index in [1.807, 2.05) is 0 Å². The third kappa shape index (κ3) is 2.88. The predicted molar refractivity (Wildman–Crippen MR) is 63.5 cm³/mol. The highest BCUT2D eigenvalue weighted by molar-refractivity contribution is 5.94. The van der Waals surface area contributed by atoms with Crippen molar-refractivity contribution in [2.45, 2.75) is 12.4 Å². The van der Waals surface area contributed by atoms with E-state index in [4.69, 9.17) is 19.3 Å². The Labute approximate surface area is 105 Å². The van der Waals surface area contributed by atoms with Crippen molar-refractivity contribution in [3.8, 4) is 11.5 Å². The van der Waals surface area contributed by atoms with Crippen molar-refractivity contribution in [1.29, 1.82) is 0 Å². The summed E-state index contributed by atoms with van der Waals surface area (Å²) in [4.78, 5) is 11.3. The van der Waals surface area contributed by atoms with Crippen molar-refractivity contribution in [3.63, 3.8) is 0 Å². The molecule has 0 bridgehead atoms. The van der Waals surface area contributed by atoms with E-state index in [-0.39, 0.29) is 12.4 Å². The Morgan fingerprint density at radius 1 is 1.28 bits per heavy atom. The summed E-state index contributed by atoms with van der Waals surface area (Å²) in [5.41, 5.74) is 0. The number of aliphatic hydroxyl groups is 1. The fourth-order valence-corrected chi connectivity index (χ4v) is 1.54. The first kappa shape index (κ1) is 12.6. The van der Waals surface area contributed by atoms with Crippen LogP contribution in [0.4, 0.5) is 0 Å². The molecule has 0 aromatic heterocycles. The Kier molecular flexibility index (Phi) is 3.96. The molecule has 0 aliphatic carbocycles. The summed E-state index contributed by atoms with van der Waals surface area (Å²) in [6.45, 7) is -0.356. The molecule has 0 spiro atoms. The van der Waals surface area contributed by atoms with Gasteiger partial charge < -0.3 is 19.3 Å². The second-order valence-corrected chi connectivity index (χ2v) is 3.73. The van der Waals surface area contributed by atoms with Crippen LogP contribution in [0.1, 0.15) is 0 Å². The molecule has 0 saturated heterocycles. The molecule has 1 aliphatic heterocycles. The maximum atomic E-state index is 11.3. The molecule has 1 aromatic rings. The predicted octanol–water partition coefficient (Wildman–Crippen LogP) is 0.916. The molecule has 1 heterocycles. The SMILES string of the molecule is COc1ccc(O[C@@H]2C=CC(=O)[C@@H](CO)O2)cc1. The molecule has 0 radical (unpaired) electrons. The van der Waals surface area contributed by atoms with Gasteiger partial charge in [-0.25, -0.2) is 0 Å². The highest BCUT2D eigenvalue weighted by atomic mass is 16.7. The number of aliphatic hydroxyl groups excluding tert-OH is 1. The summed E-state index contributed by atoms with van der Waals surface area (Å²) in [5, 5.41) is 8.96. The molecule has 0 fully saturated rings. The first-order valence-electron chi connectivity index (χ1n) is 5.52. The minimum Gasteiger partial charge on any atom is -0.497 e. The molecule has 96 valence electrons. The average molecular weight is 250 g/mol. The zero-order valence-corrected chi connectivity index (χ0v) is 9.91. The number of ether oxygens (including phenoxy) is 3. The quantitative estimate of drug-likeness (QED) is 0.860. The molecule has 2 atom stereocenters. The van der Waals surface area contributed by atoms with Crippen molar-refractivity contribution in [3.05, 3.63) is 36.4 Å². The second-order valence-electron chi connectivity index (χ2n) is 3.73. The lowest BCUT2D eigenvalue weighted by Crippen LogP contribution is -2.36. The van der Waals surface area contributed by atoms with E-state index < -0.39 is 12.4 Å². The van der Waals surface area contributed by atoms with Crippen LogP contribution in [-0.2, 0) is 9.53 Å². The van der Waals surface area contributed by atoms with Crippen LogP contribution in [0.25, 0.3) is 0 Å². The van der Waals surface area contributed by atoms with Crippen LogP contribution in [0.3, 0.4) is 0 Å². The van der Waals surface area contributed by atoms with Crippen LogP contribution in [0.2, 0.25) is 0 Å². The van der Waals surface area contributed by atoms with Gasteiger partial charge in [-0.1, -0.05) is 0 Å². The highest BCUT2D eigenvalue weighted by Gasteiger charge is 2.25. The van der Waals surface area contributed by atoms with Gasteiger partial charge >= 0.3 is 0 Å². The number of hydrogen-bond donors (Lipinski definition) is 1. The Morgan fingerprint density at radius 3 is 2.56 bits per heavy atom. The van der Waals surface area contributed by atoms with Gasteiger partial charge in [0.2, 0.25) is 6.29 Å². The Balaban J connectivity index is 2.01. The Morgan fingerprint density at radius 2 is 1.94 bits per heavy atom. The van der Waals surface area contributed by atoms with Crippen LogP contribution in [0.15, 0.2) is 36.4 Å². The molecule has 0 unspecified atom stereocenters. The summed E-state index contributed by atoms with van der Waals surface area (Å²) in [6, 6.07) is 6.99. The number of carbonyl (C=O) groups excluding carboxylic acids is 1. The van der Waals surface area contributed by atoms with Crippen LogP contribution in [0.5, 0.6) is 11.5 Å². The Hall–Kier alpha value is -1.85. The highest BCUT2D eigenvalue weighted by Crippen LogP contribution is 2.20. The van der Waals surface area contributed by atoms with E-state index in [1.54, 1.807) is 31.4 Å². The van der Waals surface area contributed by atoms with E-state index in [9.17, 15) is 4.79 Å². The number of benzene rings is 1. The smallest absolute Gasteiger partial charge is 0.220 e. The van der Waals surface area contributed by atoms with Gasteiger partial charge in [-0.2, -0.15) is 0 Å². The third-order valence-corrected chi connectivity index (χ3v) is 2.51. The molecule has 18 heavy (non-hydrogen) atoms. The average Bonchev–Trinajstić information content (AvgIpc) is 2.42. The zero-order valence-electron chi connectivity index (χ0n) is 9.91. The fraction of sp³-hybridized carbons (Fsp3) is 0.308. The summed E-state index contributed by atoms with van der Waals surface area (Å²) in [7, 11) is 1.58. The van der Waals surface area contributed by atoms with E-state index in [0.717, 1.165) is 5.75 Å². The molecular weight excluding hydrogens is 236 g/mol. The van der Waals surface area contributed by atoms with Gasteiger partial charge in [0.05, 0.1) is 13.7 Å². The summed E-state index contributed by atoms with van der Waals surface area (Å²) >= 11 is 0. The molecule has 5 nitrogen and oxygen atoms in total. The van der Waals surface area contributed by atoms with Gasteiger partial charge in [0.25, 0.3) is 0 Å². The largest absolute Gasteiger partial charge is 0.497 e. The maximum Gasteiger partial charge on any atom is 0.220 e. The van der Waals surface area contributed by atoms with Gasteiger partial charge in [-0.3, -0.25) is 4.79 Å². The third-order valence-electron chi connectivity index (χ3n) is 2.51. The van der Waals surface area contributed by atoms with Gasteiger partial charge in [0, 0.05) is 0 Å². The minimum atomic E-state index is -0.849. The topological polar surface area (TPSA) is 65.0 Å². The number of carbonyl (C=O) groups is 1. The molecule has 0 amide bonds. The molecule has 1 aromatic carbocycles. The lowest BCUT2D eigenvalue weighted by Gasteiger charge is -2.24. The summed E-state index contributed by atoms with van der Waals surface area (Å²) in [5.74, 6) is 1.06. The minimum absolute atomic E-state index is 0.257. The lowest BCUT2D eigenvalue weighted by molar-refractivity contribution is -0.148. The molecule has 1 N–H and O–H groups in total. The van der Waals surface area contributed by atoms with E-state index in [1.165, 1.54) is 12.2 Å². The molecular formula is C13H14O5.